The van der Waals surface area contributed by atoms with Gasteiger partial charge < -0.3 is 10.1 Å². The fourth-order valence-electron chi connectivity index (χ4n) is 2.49. The molecule has 2 rings (SSSR count). The van der Waals surface area contributed by atoms with E-state index in [0.717, 1.165) is 31.4 Å². The number of halogens is 2. The number of carbonyl (C=O) groups is 1. The van der Waals surface area contributed by atoms with Crippen LogP contribution in [0.5, 0.6) is 0 Å². The van der Waals surface area contributed by atoms with Crippen molar-refractivity contribution in [2.45, 2.75) is 31.2 Å². The van der Waals surface area contributed by atoms with Crippen molar-refractivity contribution >= 4 is 18.4 Å². The second kappa shape index (κ2) is 7.46. The van der Waals surface area contributed by atoms with Crippen LogP contribution >= 0.6 is 12.4 Å². The summed E-state index contributed by atoms with van der Waals surface area (Å²) >= 11 is 0. The third-order valence-corrected chi connectivity index (χ3v) is 3.44. The summed E-state index contributed by atoms with van der Waals surface area (Å²) in [4.78, 5) is 11.9. The van der Waals surface area contributed by atoms with Crippen LogP contribution < -0.4 is 5.32 Å². The SMILES string of the molecule is COC(=O)[C@H](c1ccc(F)cc1)[C@H]1CCCCN1.Cl. The van der Waals surface area contributed by atoms with E-state index in [9.17, 15) is 9.18 Å². The van der Waals surface area contributed by atoms with E-state index in [2.05, 4.69) is 5.32 Å². The number of hydrogen-bond donors (Lipinski definition) is 1. The van der Waals surface area contributed by atoms with Gasteiger partial charge in [-0.15, -0.1) is 12.4 Å². The maximum atomic E-state index is 12.9. The van der Waals surface area contributed by atoms with E-state index in [4.69, 9.17) is 4.74 Å². The van der Waals surface area contributed by atoms with Gasteiger partial charge in [-0.25, -0.2) is 4.39 Å². The van der Waals surface area contributed by atoms with Crippen LogP contribution in [0, 0.1) is 5.82 Å². The normalized spacial score (nSPS) is 20.2. The zero-order chi connectivity index (χ0) is 13.0. The Bertz CT molecular complexity index is 404. The van der Waals surface area contributed by atoms with Gasteiger partial charge >= 0.3 is 5.97 Å². The van der Waals surface area contributed by atoms with E-state index in [1.54, 1.807) is 12.1 Å². The van der Waals surface area contributed by atoms with Crippen LogP contribution in [0.15, 0.2) is 24.3 Å². The first-order chi connectivity index (χ1) is 8.72. The molecule has 0 unspecified atom stereocenters. The average molecular weight is 288 g/mol. The maximum Gasteiger partial charge on any atom is 0.314 e. The fraction of sp³-hybridized carbons (Fsp3) is 0.500. The molecule has 2 atom stereocenters. The summed E-state index contributed by atoms with van der Waals surface area (Å²) in [6.45, 7) is 0.916. The Morgan fingerprint density at radius 2 is 2.05 bits per heavy atom. The number of hydrogen-bond acceptors (Lipinski definition) is 3. The average Bonchev–Trinajstić information content (AvgIpc) is 2.42. The van der Waals surface area contributed by atoms with Crippen LogP contribution in [0.25, 0.3) is 0 Å². The van der Waals surface area contributed by atoms with Gasteiger partial charge in [0.1, 0.15) is 5.82 Å². The van der Waals surface area contributed by atoms with Gasteiger partial charge in [0.15, 0.2) is 0 Å². The van der Waals surface area contributed by atoms with Crippen LogP contribution in [0.4, 0.5) is 4.39 Å². The van der Waals surface area contributed by atoms with E-state index in [1.165, 1.54) is 19.2 Å². The predicted molar refractivity (Wildman–Crippen MR) is 74.0 cm³/mol. The molecule has 1 N–H and O–H groups in total. The Kier molecular flexibility index (Phi) is 6.25. The molecular weight excluding hydrogens is 269 g/mol. The molecule has 0 spiro atoms. The number of nitrogens with one attached hydrogen (secondary N) is 1. The van der Waals surface area contributed by atoms with Gasteiger partial charge in [0, 0.05) is 6.04 Å². The Morgan fingerprint density at radius 1 is 1.37 bits per heavy atom. The van der Waals surface area contributed by atoms with Gasteiger partial charge in [-0.2, -0.15) is 0 Å². The molecule has 0 bridgehead atoms. The first-order valence-corrected chi connectivity index (χ1v) is 6.29. The van der Waals surface area contributed by atoms with Crippen LogP contribution in [-0.4, -0.2) is 25.7 Å². The van der Waals surface area contributed by atoms with Gasteiger partial charge in [-0.3, -0.25) is 4.79 Å². The highest BCUT2D eigenvalue weighted by atomic mass is 35.5. The lowest BCUT2D eigenvalue weighted by Crippen LogP contribution is -2.42. The highest BCUT2D eigenvalue weighted by Gasteiger charge is 2.31. The molecule has 0 aromatic heterocycles. The number of piperidine rings is 1. The van der Waals surface area contributed by atoms with E-state index in [-0.39, 0.29) is 36.2 Å². The smallest absolute Gasteiger partial charge is 0.314 e. The van der Waals surface area contributed by atoms with Crippen molar-refractivity contribution in [3.63, 3.8) is 0 Å². The first kappa shape index (κ1) is 15.9. The Labute approximate surface area is 118 Å². The second-order valence-electron chi connectivity index (χ2n) is 4.61. The molecule has 106 valence electrons. The molecule has 1 fully saturated rings. The van der Waals surface area contributed by atoms with Gasteiger partial charge in [-0.05, 0) is 37.1 Å². The van der Waals surface area contributed by atoms with Crippen molar-refractivity contribution in [3.8, 4) is 0 Å². The summed E-state index contributed by atoms with van der Waals surface area (Å²) in [6.07, 6.45) is 3.18. The zero-order valence-corrected chi connectivity index (χ0v) is 11.7. The van der Waals surface area contributed by atoms with E-state index >= 15 is 0 Å². The van der Waals surface area contributed by atoms with Gasteiger partial charge in [0.25, 0.3) is 0 Å². The standard InChI is InChI=1S/C14H18FNO2.ClH/c1-18-14(17)13(12-4-2-3-9-16-12)10-5-7-11(15)8-6-10;/h5-8,12-13,16H,2-4,9H2,1H3;1H/t12-,13-;/m1./s1. The summed E-state index contributed by atoms with van der Waals surface area (Å²) in [5.41, 5.74) is 0.808. The van der Waals surface area contributed by atoms with E-state index < -0.39 is 0 Å². The third-order valence-electron chi connectivity index (χ3n) is 3.44. The van der Waals surface area contributed by atoms with Gasteiger partial charge in [-0.1, -0.05) is 18.6 Å². The Hall–Kier alpha value is -1.13. The molecule has 1 aliphatic heterocycles. The van der Waals surface area contributed by atoms with Crippen LogP contribution in [0.1, 0.15) is 30.7 Å². The topological polar surface area (TPSA) is 38.3 Å². The Balaban J connectivity index is 0.00000180. The van der Waals surface area contributed by atoms with Crippen molar-refractivity contribution in [3.05, 3.63) is 35.6 Å². The number of ether oxygens (including phenoxy) is 1. The van der Waals surface area contributed by atoms with Crippen LogP contribution in [-0.2, 0) is 9.53 Å². The second-order valence-corrected chi connectivity index (χ2v) is 4.61. The lowest BCUT2D eigenvalue weighted by molar-refractivity contribution is -0.143. The molecule has 0 saturated carbocycles. The molecule has 19 heavy (non-hydrogen) atoms. The number of rotatable bonds is 3. The van der Waals surface area contributed by atoms with E-state index in [1.807, 2.05) is 0 Å². The van der Waals surface area contributed by atoms with Crippen molar-refractivity contribution in [1.29, 1.82) is 0 Å². The highest BCUT2D eigenvalue weighted by Crippen LogP contribution is 2.26. The molecule has 1 heterocycles. The largest absolute Gasteiger partial charge is 0.469 e. The summed E-state index contributed by atoms with van der Waals surface area (Å²) in [7, 11) is 1.39. The molecule has 3 nitrogen and oxygen atoms in total. The minimum atomic E-state index is -0.351. The Morgan fingerprint density at radius 3 is 2.58 bits per heavy atom. The van der Waals surface area contributed by atoms with Crippen LogP contribution in [0.3, 0.4) is 0 Å². The molecular formula is C14H19ClFNO2. The van der Waals surface area contributed by atoms with Crippen molar-refractivity contribution < 1.29 is 13.9 Å². The van der Waals surface area contributed by atoms with Crippen LogP contribution in [0.2, 0.25) is 0 Å². The monoisotopic (exact) mass is 287 g/mol. The minimum Gasteiger partial charge on any atom is -0.469 e. The first-order valence-electron chi connectivity index (χ1n) is 6.29. The number of esters is 1. The number of benzene rings is 1. The molecule has 5 heteroatoms. The molecule has 1 aromatic carbocycles. The summed E-state index contributed by atoms with van der Waals surface area (Å²) in [5.74, 6) is -0.907. The molecule has 0 amide bonds. The van der Waals surface area contributed by atoms with Gasteiger partial charge in [0.05, 0.1) is 13.0 Å². The van der Waals surface area contributed by atoms with Crippen molar-refractivity contribution in [2.75, 3.05) is 13.7 Å². The number of carbonyl (C=O) groups excluding carboxylic acids is 1. The minimum absolute atomic E-state index is 0. The number of methoxy groups -OCH3 is 1. The summed E-state index contributed by atoms with van der Waals surface area (Å²) < 4.78 is 17.8. The molecule has 1 saturated heterocycles. The quantitative estimate of drug-likeness (QED) is 0.869. The highest BCUT2D eigenvalue weighted by molar-refractivity contribution is 5.85. The van der Waals surface area contributed by atoms with Crippen molar-refractivity contribution in [1.82, 2.24) is 5.32 Å². The molecule has 1 aromatic rings. The fourth-order valence-corrected chi connectivity index (χ4v) is 2.49. The predicted octanol–water partition coefficient (Wildman–Crippen LogP) is 2.65. The molecule has 1 aliphatic rings. The maximum absolute atomic E-state index is 12.9. The van der Waals surface area contributed by atoms with E-state index in [0.29, 0.717) is 0 Å². The van der Waals surface area contributed by atoms with Crippen molar-refractivity contribution in [2.24, 2.45) is 0 Å². The third kappa shape index (κ3) is 3.91. The zero-order valence-electron chi connectivity index (χ0n) is 10.9. The lowest BCUT2D eigenvalue weighted by atomic mass is 9.86. The lowest BCUT2D eigenvalue weighted by Gasteiger charge is -2.30. The molecule has 0 aliphatic carbocycles. The summed E-state index contributed by atoms with van der Waals surface area (Å²) in [6, 6.07) is 6.17. The summed E-state index contributed by atoms with van der Waals surface area (Å²) in [5, 5.41) is 3.35. The van der Waals surface area contributed by atoms with Gasteiger partial charge in [0.2, 0.25) is 0 Å². The molecule has 0 radical (unpaired) electrons.